The van der Waals surface area contributed by atoms with Gasteiger partial charge in [-0.05, 0) is 75.1 Å². The fraction of sp³-hybridized carbons (Fsp3) is 0.269. The predicted molar refractivity (Wildman–Crippen MR) is 129 cm³/mol. The minimum Gasteiger partial charge on any atom is -0.348 e. The molecule has 32 heavy (non-hydrogen) atoms. The SMILES string of the molecule is Cc1ccc([C@@H](C)NC(=O)CN(c2cccc(C)c2C)S(=O)(=O)c2ccccc2)c(C)c1. The van der Waals surface area contributed by atoms with E-state index < -0.39 is 10.0 Å². The maximum atomic E-state index is 13.5. The van der Waals surface area contributed by atoms with Gasteiger partial charge in [0, 0.05) is 0 Å². The molecule has 3 aromatic carbocycles. The highest BCUT2D eigenvalue weighted by Gasteiger charge is 2.29. The quantitative estimate of drug-likeness (QED) is 0.551. The Morgan fingerprint density at radius 3 is 2.25 bits per heavy atom. The van der Waals surface area contributed by atoms with Crippen LogP contribution in [0.2, 0.25) is 0 Å². The molecule has 3 aromatic rings. The van der Waals surface area contributed by atoms with Crippen LogP contribution in [0.15, 0.2) is 71.6 Å². The smallest absolute Gasteiger partial charge is 0.264 e. The van der Waals surface area contributed by atoms with Gasteiger partial charge in [0.2, 0.25) is 5.91 Å². The molecular weight excluding hydrogens is 420 g/mol. The second-order valence-corrected chi connectivity index (χ2v) is 10.1. The van der Waals surface area contributed by atoms with Crippen molar-refractivity contribution in [3.63, 3.8) is 0 Å². The number of anilines is 1. The first-order chi connectivity index (χ1) is 15.1. The van der Waals surface area contributed by atoms with Crippen molar-refractivity contribution < 1.29 is 13.2 Å². The van der Waals surface area contributed by atoms with E-state index in [1.165, 1.54) is 4.31 Å². The lowest BCUT2D eigenvalue weighted by Crippen LogP contribution is -2.42. The Hall–Kier alpha value is -3.12. The number of carbonyl (C=O) groups is 1. The summed E-state index contributed by atoms with van der Waals surface area (Å²) >= 11 is 0. The van der Waals surface area contributed by atoms with Gasteiger partial charge in [-0.3, -0.25) is 9.10 Å². The van der Waals surface area contributed by atoms with Crippen molar-refractivity contribution in [2.45, 2.75) is 45.6 Å². The number of benzene rings is 3. The Balaban J connectivity index is 1.94. The summed E-state index contributed by atoms with van der Waals surface area (Å²) in [6.07, 6.45) is 0. The third-order valence-electron chi connectivity index (χ3n) is 5.73. The van der Waals surface area contributed by atoms with Crippen molar-refractivity contribution in [1.82, 2.24) is 5.32 Å². The predicted octanol–water partition coefficient (Wildman–Crippen LogP) is 4.99. The Morgan fingerprint density at radius 1 is 0.906 bits per heavy atom. The van der Waals surface area contributed by atoms with E-state index in [-0.39, 0.29) is 23.4 Å². The summed E-state index contributed by atoms with van der Waals surface area (Å²) in [5.74, 6) is -0.363. The molecule has 0 aromatic heterocycles. The second-order valence-electron chi connectivity index (χ2n) is 8.19. The van der Waals surface area contributed by atoms with Crippen molar-refractivity contribution >= 4 is 21.6 Å². The molecule has 0 aliphatic carbocycles. The number of hydrogen-bond acceptors (Lipinski definition) is 3. The van der Waals surface area contributed by atoms with E-state index >= 15 is 0 Å². The van der Waals surface area contributed by atoms with Crippen LogP contribution in [-0.4, -0.2) is 20.9 Å². The van der Waals surface area contributed by atoms with Crippen LogP contribution in [-0.2, 0) is 14.8 Å². The van der Waals surface area contributed by atoms with Gasteiger partial charge in [-0.15, -0.1) is 0 Å². The van der Waals surface area contributed by atoms with E-state index in [2.05, 4.69) is 11.4 Å². The molecule has 0 bridgehead atoms. The van der Waals surface area contributed by atoms with Crippen LogP contribution >= 0.6 is 0 Å². The molecule has 0 unspecified atom stereocenters. The van der Waals surface area contributed by atoms with Gasteiger partial charge in [0.15, 0.2) is 0 Å². The van der Waals surface area contributed by atoms with Crippen molar-refractivity contribution in [2.24, 2.45) is 0 Å². The minimum atomic E-state index is -3.93. The molecule has 0 saturated heterocycles. The Kier molecular flexibility index (Phi) is 7.04. The lowest BCUT2D eigenvalue weighted by atomic mass is 10.0. The summed E-state index contributed by atoms with van der Waals surface area (Å²) in [6.45, 7) is 9.42. The molecule has 0 aliphatic rings. The zero-order valence-corrected chi connectivity index (χ0v) is 20.0. The number of sulfonamides is 1. The lowest BCUT2D eigenvalue weighted by molar-refractivity contribution is -0.120. The van der Waals surface area contributed by atoms with Crippen molar-refractivity contribution in [3.05, 3.63) is 94.5 Å². The van der Waals surface area contributed by atoms with Gasteiger partial charge in [-0.2, -0.15) is 0 Å². The van der Waals surface area contributed by atoms with Crippen LogP contribution < -0.4 is 9.62 Å². The maximum absolute atomic E-state index is 13.5. The van der Waals surface area contributed by atoms with Crippen molar-refractivity contribution in [2.75, 3.05) is 10.8 Å². The van der Waals surface area contributed by atoms with Crippen LogP contribution in [0.25, 0.3) is 0 Å². The summed E-state index contributed by atoms with van der Waals surface area (Å²) in [4.78, 5) is 13.2. The molecule has 1 N–H and O–H groups in total. The number of amides is 1. The van der Waals surface area contributed by atoms with Crippen molar-refractivity contribution in [3.8, 4) is 0 Å². The summed E-state index contributed by atoms with van der Waals surface area (Å²) in [6, 6.07) is 19.5. The van der Waals surface area contributed by atoms with Gasteiger partial charge in [0.05, 0.1) is 16.6 Å². The molecule has 6 heteroatoms. The molecule has 0 aliphatic heterocycles. The monoisotopic (exact) mass is 450 g/mol. The minimum absolute atomic E-state index is 0.149. The summed E-state index contributed by atoms with van der Waals surface area (Å²) < 4.78 is 28.3. The van der Waals surface area contributed by atoms with Gasteiger partial charge in [0.25, 0.3) is 10.0 Å². The van der Waals surface area contributed by atoms with Crippen LogP contribution in [0.1, 0.15) is 40.8 Å². The number of nitrogens with one attached hydrogen (secondary N) is 1. The summed E-state index contributed by atoms with van der Waals surface area (Å²) in [5, 5.41) is 2.97. The van der Waals surface area contributed by atoms with E-state index in [1.54, 1.807) is 42.5 Å². The summed E-state index contributed by atoms with van der Waals surface area (Å²) in [5.41, 5.74) is 5.53. The molecule has 0 radical (unpaired) electrons. The molecule has 0 spiro atoms. The zero-order valence-electron chi connectivity index (χ0n) is 19.2. The standard InChI is InChI=1S/C26H30N2O3S/c1-18-14-15-24(20(3)16-18)22(5)27-26(29)17-28(25-13-9-10-19(2)21(25)4)32(30,31)23-11-7-6-8-12-23/h6-16,22H,17H2,1-5H3,(H,27,29)/t22-/m1/s1. The van der Waals surface area contributed by atoms with Crippen LogP contribution in [0.5, 0.6) is 0 Å². The van der Waals surface area contributed by atoms with Gasteiger partial charge in [-0.1, -0.05) is 54.1 Å². The second kappa shape index (κ2) is 9.57. The molecular formula is C26H30N2O3S. The van der Waals surface area contributed by atoms with Crippen LogP contribution in [0.3, 0.4) is 0 Å². The van der Waals surface area contributed by atoms with Gasteiger partial charge >= 0.3 is 0 Å². The molecule has 0 saturated carbocycles. The van der Waals surface area contributed by atoms with E-state index in [1.807, 2.05) is 52.8 Å². The van der Waals surface area contributed by atoms with Crippen molar-refractivity contribution in [1.29, 1.82) is 0 Å². The number of aryl methyl sites for hydroxylation is 3. The van der Waals surface area contributed by atoms with Crippen LogP contribution in [0.4, 0.5) is 5.69 Å². The average Bonchev–Trinajstić information content (AvgIpc) is 2.74. The van der Waals surface area contributed by atoms with Gasteiger partial charge in [-0.25, -0.2) is 8.42 Å². The van der Waals surface area contributed by atoms with Gasteiger partial charge < -0.3 is 5.32 Å². The van der Waals surface area contributed by atoms with E-state index in [0.29, 0.717) is 5.69 Å². The largest absolute Gasteiger partial charge is 0.348 e. The number of rotatable bonds is 7. The summed E-state index contributed by atoms with van der Waals surface area (Å²) in [7, 11) is -3.93. The highest BCUT2D eigenvalue weighted by molar-refractivity contribution is 7.92. The first-order valence-electron chi connectivity index (χ1n) is 10.6. The third-order valence-corrected chi connectivity index (χ3v) is 7.51. The Bertz CT molecular complexity index is 1220. The number of carbonyl (C=O) groups excluding carboxylic acids is 1. The first kappa shape index (κ1) is 23.5. The molecule has 3 rings (SSSR count). The fourth-order valence-corrected chi connectivity index (χ4v) is 5.33. The molecule has 0 fully saturated rings. The number of nitrogens with zero attached hydrogens (tertiary/aromatic N) is 1. The first-order valence-corrected chi connectivity index (χ1v) is 12.1. The Morgan fingerprint density at radius 2 is 1.59 bits per heavy atom. The van der Waals surface area contributed by atoms with E-state index in [4.69, 9.17) is 0 Å². The molecule has 0 heterocycles. The molecule has 1 atom stereocenters. The topological polar surface area (TPSA) is 66.5 Å². The fourth-order valence-electron chi connectivity index (χ4n) is 3.83. The van der Waals surface area contributed by atoms with Gasteiger partial charge in [0.1, 0.15) is 6.54 Å². The van der Waals surface area contributed by atoms with E-state index in [0.717, 1.165) is 27.8 Å². The Labute approximate surface area is 191 Å². The normalized spacial score (nSPS) is 12.3. The highest BCUT2D eigenvalue weighted by Crippen LogP contribution is 2.28. The maximum Gasteiger partial charge on any atom is 0.264 e. The van der Waals surface area contributed by atoms with E-state index in [9.17, 15) is 13.2 Å². The zero-order chi connectivity index (χ0) is 23.5. The molecule has 5 nitrogen and oxygen atoms in total. The van der Waals surface area contributed by atoms with Crippen LogP contribution in [0, 0.1) is 27.7 Å². The third kappa shape index (κ3) is 5.02. The average molecular weight is 451 g/mol. The molecule has 168 valence electrons. The lowest BCUT2D eigenvalue weighted by Gasteiger charge is -2.27. The highest BCUT2D eigenvalue weighted by atomic mass is 32.2. The number of hydrogen-bond donors (Lipinski definition) is 1. The molecule has 1 amide bonds.